The Morgan fingerprint density at radius 1 is 1.39 bits per heavy atom. The Hall–Kier alpha value is -1.66. The second kappa shape index (κ2) is 4.91. The molecule has 0 bridgehead atoms. The minimum Gasteiger partial charge on any atom is -0.478 e. The van der Waals surface area contributed by atoms with Crippen LogP contribution in [-0.4, -0.2) is 31.1 Å². The van der Waals surface area contributed by atoms with E-state index in [1.54, 1.807) is 13.0 Å². The maximum Gasteiger partial charge on any atom is 0.340 e. The van der Waals surface area contributed by atoms with Crippen molar-refractivity contribution in [2.24, 2.45) is 0 Å². The molecule has 2 rings (SSSR count). The Morgan fingerprint density at radius 2 is 2.11 bits per heavy atom. The fourth-order valence-corrected chi connectivity index (χ4v) is 1.89. The Bertz CT molecular complexity index is 595. The van der Waals surface area contributed by atoms with Gasteiger partial charge in [-0.2, -0.15) is 5.10 Å². The molecule has 1 N–H and O–H groups in total. The standard InChI is InChI=1S/C10H8Cl2N4O2/c1-2-5-8(10(17)18)9(12)16(15-5)7-4-3-6(11)13-14-7/h3-4H,2H2,1H3,(H,17,18). The molecular weight excluding hydrogens is 279 g/mol. The van der Waals surface area contributed by atoms with Crippen LogP contribution in [0.25, 0.3) is 5.82 Å². The van der Waals surface area contributed by atoms with Crippen molar-refractivity contribution in [2.45, 2.75) is 13.3 Å². The number of halogens is 2. The quantitative estimate of drug-likeness (QED) is 0.936. The monoisotopic (exact) mass is 286 g/mol. The summed E-state index contributed by atoms with van der Waals surface area (Å²) in [5.74, 6) is -0.809. The van der Waals surface area contributed by atoms with E-state index < -0.39 is 5.97 Å². The fourth-order valence-electron chi connectivity index (χ4n) is 1.47. The number of hydrogen-bond acceptors (Lipinski definition) is 4. The lowest BCUT2D eigenvalue weighted by atomic mass is 10.2. The van der Waals surface area contributed by atoms with Crippen LogP contribution < -0.4 is 0 Å². The van der Waals surface area contributed by atoms with Crippen LogP contribution in [0.2, 0.25) is 10.3 Å². The molecule has 0 aliphatic carbocycles. The molecule has 0 saturated heterocycles. The van der Waals surface area contributed by atoms with Crippen LogP contribution in [0.3, 0.4) is 0 Å². The largest absolute Gasteiger partial charge is 0.478 e. The number of hydrogen-bond donors (Lipinski definition) is 1. The van der Waals surface area contributed by atoms with Crippen molar-refractivity contribution in [3.8, 4) is 5.82 Å². The number of carboxylic acid groups (broad SMARTS) is 1. The number of carbonyl (C=O) groups is 1. The van der Waals surface area contributed by atoms with Crippen molar-refractivity contribution in [3.05, 3.63) is 33.7 Å². The predicted octanol–water partition coefficient (Wildman–Crippen LogP) is 2.23. The van der Waals surface area contributed by atoms with Gasteiger partial charge in [-0.3, -0.25) is 0 Å². The number of carboxylic acids is 1. The van der Waals surface area contributed by atoms with E-state index in [4.69, 9.17) is 28.3 Å². The third kappa shape index (κ3) is 2.16. The molecule has 0 amide bonds. The molecule has 0 fully saturated rings. The molecule has 0 aromatic carbocycles. The molecule has 2 aromatic rings. The summed E-state index contributed by atoms with van der Waals surface area (Å²) < 4.78 is 1.23. The van der Waals surface area contributed by atoms with Gasteiger partial charge in [0, 0.05) is 0 Å². The third-order valence-corrected chi connectivity index (χ3v) is 2.84. The van der Waals surface area contributed by atoms with Crippen LogP contribution in [0, 0.1) is 0 Å². The summed E-state index contributed by atoms with van der Waals surface area (Å²) in [6.45, 7) is 1.79. The zero-order chi connectivity index (χ0) is 13.3. The van der Waals surface area contributed by atoms with E-state index in [2.05, 4.69) is 15.3 Å². The second-order valence-electron chi connectivity index (χ2n) is 3.40. The molecule has 0 unspecified atom stereocenters. The van der Waals surface area contributed by atoms with Gasteiger partial charge in [-0.15, -0.1) is 10.2 Å². The summed E-state index contributed by atoms with van der Waals surface area (Å²) in [6.07, 6.45) is 0.454. The summed E-state index contributed by atoms with van der Waals surface area (Å²) in [7, 11) is 0. The summed E-state index contributed by atoms with van der Waals surface area (Å²) >= 11 is 11.6. The Balaban J connectivity index is 2.59. The van der Waals surface area contributed by atoms with Gasteiger partial charge in [0.15, 0.2) is 11.0 Å². The maximum absolute atomic E-state index is 11.1. The smallest absolute Gasteiger partial charge is 0.340 e. The lowest BCUT2D eigenvalue weighted by Gasteiger charge is -2.00. The van der Waals surface area contributed by atoms with Crippen LogP contribution in [0.15, 0.2) is 12.1 Å². The van der Waals surface area contributed by atoms with Crippen molar-refractivity contribution in [1.82, 2.24) is 20.0 Å². The van der Waals surface area contributed by atoms with E-state index in [0.717, 1.165) is 0 Å². The first-order valence-electron chi connectivity index (χ1n) is 5.05. The van der Waals surface area contributed by atoms with Crippen LogP contribution in [0.5, 0.6) is 0 Å². The molecule has 18 heavy (non-hydrogen) atoms. The molecule has 0 saturated carbocycles. The molecule has 94 valence electrons. The third-order valence-electron chi connectivity index (χ3n) is 2.29. The molecule has 0 radical (unpaired) electrons. The van der Waals surface area contributed by atoms with Gasteiger partial charge in [-0.05, 0) is 18.6 Å². The van der Waals surface area contributed by atoms with Gasteiger partial charge in [-0.1, -0.05) is 30.1 Å². The van der Waals surface area contributed by atoms with Gasteiger partial charge in [0.25, 0.3) is 0 Å². The van der Waals surface area contributed by atoms with Gasteiger partial charge in [0.2, 0.25) is 0 Å². The SMILES string of the molecule is CCc1nn(-c2ccc(Cl)nn2)c(Cl)c1C(=O)O. The molecule has 8 heteroatoms. The average Bonchev–Trinajstić information content (AvgIpc) is 2.67. The fraction of sp³-hybridized carbons (Fsp3) is 0.200. The van der Waals surface area contributed by atoms with Gasteiger partial charge in [0.05, 0.1) is 5.69 Å². The summed E-state index contributed by atoms with van der Waals surface area (Å²) in [6, 6.07) is 3.08. The van der Waals surface area contributed by atoms with Crippen molar-refractivity contribution < 1.29 is 9.90 Å². The average molecular weight is 287 g/mol. The lowest BCUT2D eigenvalue weighted by molar-refractivity contribution is 0.0696. The normalized spacial score (nSPS) is 10.6. The molecular formula is C10H8Cl2N4O2. The van der Waals surface area contributed by atoms with Crippen LogP contribution in [0.1, 0.15) is 23.0 Å². The van der Waals surface area contributed by atoms with Crippen LogP contribution in [-0.2, 0) is 6.42 Å². The Labute approximate surface area is 112 Å². The molecule has 2 aromatic heterocycles. The molecule has 0 atom stereocenters. The van der Waals surface area contributed by atoms with E-state index >= 15 is 0 Å². The highest BCUT2D eigenvalue weighted by Gasteiger charge is 2.22. The molecule has 0 spiro atoms. The van der Waals surface area contributed by atoms with E-state index in [-0.39, 0.29) is 15.9 Å². The van der Waals surface area contributed by atoms with Gasteiger partial charge < -0.3 is 5.11 Å². The predicted molar refractivity (Wildman–Crippen MR) is 65.5 cm³/mol. The Morgan fingerprint density at radius 3 is 2.56 bits per heavy atom. The van der Waals surface area contributed by atoms with Crippen LogP contribution >= 0.6 is 23.2 Å². The van der Waals surface area contributed by atoms with Gasteiger partial charge in [0.1, 0.15) is 10.7 Å². The highest BCUT2D eigenvalue weighted by atomic mass is 35.5. The number of rotatable bonds is 3. The van der Waals surface area contributed by atoms with Crippen molar-refractivity contribution in [2.75, 3.05) is 0 Å². The van der Waals surface area contributed by atoms with Crippen molar-refractivity contribution in [3.63, 3.8) is 0 Å². The highest BCUT2D eigenvalue weighted by molar-refractivity contribution is 6.33. The van der Waals surface area contributed by atoms with Crippen molar-refractivity contribution >= 4 is 29.2 Å². The first-order chi connectivity index (χ1) is 8.54. The first kappa shape index (κ1) is 12.8. The summed E-state index contributed by atoms with van der Waals surface area (Å²) in [5.41, 5.74) is 0.375. The number of nitrogens with zero attached hydrogens (tertiary/aromatic N) is 4. The van der Waals surface area contributed by atoms with Gasteiger partial charge in [-0.25, -0.2) is 9.48 Å². The number of aryl methyl sites for hydroxylation is 1. The molecule has 0 aliphatic heterocycles. The minimum absolute atomic E-state index is 0.00373. The highest BCUT2D eigenvalue weighted by Crippen LogP contribution is 2.23. The Kier molecular flexibility index (Phi) is 3.49. The molecule has 0 aliphatic rings. The number of aromatic carboxylic acids is 1. The van der Waals surface area contributed by atoms with E-state index in [1.165, 1.54) is 10.7 Å². The van der Waals surface area contributed by atoms with E-state index in [9.17, 15) is 4.79 Å². The zero-order valence-electron chi connectivity index (χ0n) is 9.26. The minimum atomic E-state index is -1.12. The number of aromatic nitrogens is 4. The summed E-state index contributed by atoms with van der Waals surface area (Å²) in [4.78, 5) is 11.1. The zero-order valence-corrected chi connectivity index (χ0v) is 10.8. The van der Waals surface area contributed by atoms with Crippen LogP contribution in [0.4, 0.5) is 0 Å². The maximum atomic E-state index is 11.1. The first-order valence-corrected chi connectivity index (χ1v) is 5.80. The second-order valence-corrected chi connectivity index (χ2v) is 4.14. The van der Waals surface area contributed by atoms with Gasteiger partial charge >= 0.3 is 5.97 Å². The molecule has 2 heterocycles. The van der Waals surface area contributed by atoms with Crippen molar-refractivity contribution in [1.29, 1.82) is 0 Å². The summed E-state index contributed by atoms with van der Waals surface area (Å²) in [5, 5.41) is 20.9. The topological polar surface area (TPSA) is 80.9 Å². The van der Waals surface area contributed by atoms with E-state index in [0.29, 0.717) is 17.9 Å². The van der Waals surface area contributed by atoms with E-state index in [1.807, 2.05) is 0 Å². The lowest BCUT2D eigenvalue weighted by Crippen LogP contribution is -2.02. The molecule has 6 nitrogen and oxygen atoms in total.